The largest absolute Gasteiger partial charge is 0.481 e. The predicted octanol–water partition coefficient (Wildman–Crippen LogP) is 5.75. The predicted molar refractivity (Wildman–Crippen MR) is 112 cm³/mol. The summed E-state index contributed by atoms with van der Waals surface area (Å²) in [6, 6.07) is 11.5. The molecule has 162 valence electrons. The summed E-state index contributed by atoms with van der Waals surface area (Å²) in [6.07, 6.45) is -5.23. The van der Waals surface area contributed by atoms with Crippen molar-refractivity contribution in [3.05, 3.63) is 70.1 Å². The maximum Gasteiger partial charge on any atom is 0.416 e. The molecule has 0 aliphatic carbocycles. The van der Waals surface area contributed by atoms with Gasteiger partial charge < -0.3 is 10.4 Å². The number of hydrogen-bond acceptors (Lipinski definition) is 4. The van der Waals surface area contributed by atoms with Crippen LogP contribution in [-0.4, -0.2) is 22.0 Å². The quantitative estimate of drug-likeness (QED) is 0.462. The molecule has 1 amide bonds. The van der Waals surface area contributed by atoms with E-state index in [0.717, 1.165) is 23.5 Å². The van der Waals surface area contributed by atoms with Gasteiger partial charge in [-0.25, -0.2) is 4.98 Å². The van der Waals surface area contributed by atoms with E-state index in [0.29, 0.717) is 16.3 Å². The van der Waals surface area contributed by atoms with Crippen molar-refractivity contribution in [1.82, 2.24) is 4.98 Å². The van der Waals surface area contributed by atoms with Gasteiger partial charge in [-0.1, -0.05) is 48.0 Å². The van der Waals surface area contributed by atoms with Gasteiger partial charge in [0.15, 0.2) is 5.13 Å². The summed E-state index contributed by atoms with van der Waals surface area (Å²) in [6.45, 7) is 0. The Kier molecular flexibility index (Phi) is 6.97. The van der Waals surface area contributed by atoms with Gasteiger partial charge in [0.1, 0.15) is 0 Å². The number of aromatic nitrogens is 1. The Morgan fingerprint density at radius 3 is 2.58 bits per heavy atom. The van der Waals surface area contributed by atoms with Crippen LogP contribution in [0, 0.1) is 5.92 Å². The molecule has 0 saturated carbocycles. The zero-order valence-corrected chi connectivity index (χ0v) is 17.4. The molecule has 1 aromatic heterocycles. The highest BCUT2D eigenvalue weighted by Crippen LogP contribution is 2.32. The fourth-order valence-corrected chi connectivity index (χ4v) is 3.90. The summed E-state index contributed by atoms with van der Waals surface area (Å²) in [7, 11) is 0. The molecule has 3 aromatic rings. The lowest BCUT2D eigenvalue weighted by molar-refractivity contribution is -0.140. The molecular formula is C21H16ClF3N2O3S. The number of aliphatic carboxylic acids is 1. The zero-order chi connectivity index (χ0) is 22.6. The van der Waals surface area contributed by atoms with E-state index in [1.54, 1.807) is 29.6 Å². The first-order chi connectivity index (χ1) is 14.6. The molecule has 31 heavy (non-hydrogen) atoms. The Bertz CT molecular complexity index is 1100. The number of carboxylic acids is 1. The van der Waals surface area contributed by atoms with Crippen LogP contribution in [0.5, 0.6) is 0 Å². The average Bonchev–Trinajstić information content (AvgIpc) is 3.15. The summed E-state index contributed by atoms with van der Waals surface area (Å²) < 4.78 is 38.8. The van der Waals surface area contributed by atoms with Crippen molar-refractivity contribution in [3.8, 4) is 11.3 Å². The number of rotatable bonds is 7. The second kappa shape index (κ2) is 9.49. The molecule has 10 heteroatoms. The first-order valence-electron chi connectivity index (χ1n) is 9.02. The zero-order valence-electron chi connectivity index (χ0n) is 15.8. The molecule has 1 atom stereocenters. The van der Waals surface area contributed by atoms with Crippen LogP contribution in [0.4, 0.5) is 18.3 Å². The Balaban J connectivity index is 1.77. The van der Waals surface area contributed by atoms with Gasteiger partial charge in [0.2, 0.25) is 5.91 Å². The van der Waals surface area contributed by atoms with Gasteiger partial charge in [-0.05, 0) is 24.1 Å². The van der Waals surface area contributed by atoms with Crippen LogP contribution in [0.3, 0.4) is 0 Å². The highest BCUT2D eigenvalue weighted by molar-refractivity contribution is 7.14. The minimum absolute atomic E-state index is 0.162. The van der Waals surface area contributed by atoms with E-state index in [1.807, 2.05) is 0 Å². The first-order valence-corrected chi connectivity index (χ1v) is 10.3. The smallest absolute Gasteiger partial charge is 0.416 e. The summed E-state index contributed by atoms with van der Waals surface area (Å²) in [5.41, 5.74) is 0.571. The Labute approximate surface area is 184 Å². The number of thiazole rings is 1. The van der Waals surface area contributed by atoms with E-state index in [4.69, 9.17) is 16.7 Å². The number of halogens is 4. The van der Waals surface area contributed by atoms with Gasteiger partial charge in [0.25, 0.3) is 0 Å². The molecule has 3 rings (SSSR count). The van der Waals surface area contributed by atoms with Crippen LogP contribution in [0.25, 0.3) is 11.3 Å². The SMILES string of the molecule is O=C(O)C[C@@H](Cc1cccc(C(F)(F)F)c1)C(=O)Nc1nc(-c2ccccc2Cl)cs1. The van der Waals surface area contributed by atoms with E-state index >= 15 is 0 Å². The highest BCUT2D eigenvalue weighted by atomic mass is 35.5. The van der Waals surface area contributed by atoms with Crippen molar-refractivity contribution in [1.29, 1.82) is 0 Å². The van der Waals surface area contributed by atoms with E-state index in [1.165, 1.54) is 12.1 Å². The molecule has 0 fully saturated rings. The molecule has 2 aromatic carbocycles. The summed E-state index contributed by atoms with van der Waals surface area (Å²) in [5, 5.41) is 14.1. The standard InChI is InChI=1S/C21H16ClF3N2O3S/c22-16-7-2-1-6-15(16)17-11-31-20(26-17)27-19(30)13(10-18(28)29)8-12-4-3-5-14(9-12)21(23,24)25/h1-7,9,11,13H,8,10H2,(H,28,29)(H,26,27,30)/t13-/m1/s1. The van der Waals surface area contributed by atoms with Crippen molar-refractivity contribution in [3.63, 3.8) is 0 Å². The molecular weight excluding hydrogens is 453 g/mol. The second-order valence-electron chi connectivity index (χ2n) is 6.70. The first kappa shape index (κ1) is 22.8. The maximum absolute atomic E-state index is 12.9. The number of carbonyl (C=O) groups is 2. The summed E-state index contributed by atoms with van der Waals surface area (Å²) >= 11 is 7.28. The third kappa shape index (κ3) is 6.05. The fourth-order valence-electron chi connectivity index (χ4n) is 2.96. The van der Waals surface area contributed by atoms with Gasteiger partial charge in [0.05, 0.1) is 23.6 Å². The van der Waals surface area contributed by atoms with Crippen LogP contribution in [0.1, 0.15) is 17.5 Å². The summed E-state index contributed by atoms with van der Waals surface area (Å²) in [4.78, 5) is 28.2. The van der Waals surface area contributed by atoms with Gasteiger partial charge in [0, 0.05) is 16.0 Å². The number of alkyl halides is 3. The molecule has 0 radical (unpaired) electrons. The molecule has 0 aliphatic rings. The Hall–Kier alpha value is -2.91. The number of anilines is 1. The number of benzene rings is 2. The molecule has 5 nitrogen and oxygen atoms in total. The Morgan fingerprint density at radius 1 is 1.16 bits per heavy atom. The minimum atomic E-state index is -4.53. The lowest BCUT2D eigenvalue weighted by Gasteiger charge is -2.15. The van der Waals surface area contributed by atoms with Crippen molar-refractivity contribution in [2.45, 2.75) is 19.0 Å². The minimum Gasteiger partial charge on any atom is -0.481 e. The normalized spacial score (nSPS) is 12.4. The second-order valence-corrected chi connectivity index (χ2v) is 7.97. The molecule has 0 bridgehead atoms. The maximum atomic E-state index is 12.9. The van der Waals surface area contributed by atoms with E-state index in [9.17, 15) is 22.8 Å². The lowest BCUT2D eigenvalue weighted by Crippen LogP contribution is -2.27. The van der Waals surface area contributed by atoms with E-state index < -0.39 is 36.0 Å². The van der Waals surface area contributed by atoms with Gasteiger partial charge in [-0.15, -0.1) is 11.3 Å². The summed E-state index contributed by atoms with van der Waals surface area (Å²) in [5.74, 6) is -2.95. The van der Waals surface area contributed by atoms with Crippen LogP contribution in [0.2, 0.25) is 5.02 Å². The van der Waals surface area contributed by atoms with Crippen LogP contribution >= 0.6 is 22.9 Å². The molecule has 1 heterocycles. The number of nitrogens with one attached hydrogen (secondary N) is 1. The molecule has 0 saturated heterocycles. The van der Waals surface area contributed by atoms with Crippen molar-refractivity contribution in [2.75, 3.05) is 5.32 Å². The third-order valence-corrected chi connectivity index (χ3v) is 5.50. The molecule has 0 unspecified atom stereocenters. The number of carbonyl (C=O) groups excluding carboxylic acids is 1. The fraction of sp³-hybridized carbons (Fsp3) is 0.190. The number of amides is 1. The number of carboxylic acid groups (broad SMARTS) is 1. The highest BCUT2D eigenvalue weighted by Gasteiger charge is 2.31. The van der Waals surface area contributed by atoms with Crippen LogP contribution in [0.15, 0.2) is 53.9 Å². The van der Waals surface area contributed by atoms with Gasteiger partial charge in [-0.3, -0.25) is 9.59 Å². The topological polar surface area (TPSA) is 79.3 Å². The molecule has 0 aliphatic heterocycles. The average molecular weight is 469 g/mol. The monoisotopic (exact) mass is 468 g/mol. The molecule has 0 spiro atoms. The van der Waals surface area contributed by atoms with E-state index in [-0.39, 0.29) is 17.1 Å². The van der Waals surface area contributed by atoms with Crippen molar-refractivity contribution in [2.24, 2.45) is 5.92 Å². The van der Waals surface area contributed by atoms with Crippen molar-refractivity contribution >= 4 is 39.9 Å². The Morgan fingerprint density at radius 2 is 1.90 bits per heavy atom. The van der Waals surface area contributed by atoms with Crippen LogP contribution in [-0.2, 0) is 22.2 Å². The van der Waals surface area contributed by atoms with Crippen molar-refractivity contribution < 1.29 is 27.9 Å². The third-order valence-electron chi connectivity index (χ3n) is 4.41. The lowest BCUT2D eigenvalue weighted by atomic mass is 9.94. The van der Waals surface area contributed by atoms with Gasteiger partial charge >= 0.3 is 12.1 Å². The van der Waals surface area contributed by atoms with Crippen LogP contribution < -0.4 is 5.32 Å². The van der Waals surface area contributed by atoms with Gasteiger partial charge in [-0.2, -0.15) is 13.2 Å². The number of nitrogens with zero attached hydrogens (tertiary/aromatic N) is 1. The molecule has 2 N–H and O–H groups in total. The number of hydrogen-bond donors (Lipinski definition) is 2. The van der Waals surface area contributed by atoms with E-state index in [2.05, 4.69) is 10.3 Å².